The first-order chi connectivity index (χ1) is 15.2. The third kappa shape index (κ3) is 4.44. The molecule has 0 bridgehead atoms. The summed E-state index contributed by atoms with van der Waals surface area (Å²) in [4.78, 5) is 12.9. The van der Waals surface area contributed by atoms with E-state index in [0.29, 0.717) is 18.2 Å². The molecule has 0 spiro atoms. The second-order valence-corrected chi connectivity index (χ2v) is 8.60. The highest BCUT2D eigenvalue weighted by Gasteiger charge is 2.34. The Hall–Kier alpha value is -3.26. The van der Waals surface area contributed by atoms with Gasteiger partial charge in [0, 0.05) is 29.3 Å². The highest BCUT2D eigenvalue weighted by atomic mass is 79.9. The van der Waals surface area contributed by atoms with Gasteiger partial charge in [-0.05, 0) is 54.3 Å². The van der Waals surface area contributed by atoms with E-state index in [-0.39, 0.29) is 5.91 Å². The van der Waals surface area contributed by atoms with Crippen LogP contribution in [0.4, 0.5) is 0 Å². The summed E-state index contributed by atoms with van der Waals surface area (Å²) in [6, 6.07) is 17.9. The second-order valence-electron chi connectivity index (χ2n) is 7.69. The zero-order chi connectivity index (χ0) is 21.2. The first-order valence-corrected chi connectivity index (χ1v) is 11.0. The number of halogens is 1. The van der Waals surface area contributed by atoms with Crippen molar-refractivity contribution >= 4 is 21.8 Å². The summed E-state index contributed by atoms with van der Waals surface area (Å²) in [5.74, 6) is 0.145. The van der Waals surface area contributed by atoms with Crippen LogP contribution in [0.25, 0.3) is 5.69 Å². The maximum atomic E-state index is 12.9. The average Bonchev–Trinajstić information content (AvgIpc) is 3.31. The number of amides is 1. The molecule has 2 aromatic heterocycles. The molecule has 1 saturated carbocycles. The van der Waals surface area contributed by atoms with Crippen molar-refractivity contribution in [2.45, 2.75) is 31.8 Å². The van der Waals surface area contributed by atoms with E-state index in [1.165, 1.54) is 0 Å². The number of benzene rings is 2. The van der Waals surface area contributed by atoms with Crippen LogP contribution in [0.1, 0.15) is 46.1 Å². The lowest BCUT2D eigenvalue weighted by molar-refractivity contribution is 0.0945. The zero-order valence-electron chi connectivity index (χ0n) is 16.8. The van der Waals surface area contributed by atoms with E-state index in [1.54, 1.807) is 10.9 Å². The van der Waals surface area contributed by atoms with Crippen molar-refractivity contribution in [3.05, 3.63) is 94.0 Å². The summed E-state index contributed by atoms with van der Waals surface area (Å²) in [7, 11) is 0. The predicted octanol–water partition coefficient (Wildman–Crippen LogP) is 4.08. The Bertz CT molecular complexity index is 1180. The first kappa shape index (κ1) is 19.7. The summed E-state index contributed by atoms with van der Waals surface area (Å²) in [6.07, 6.45) is 5.82. The van der Waals surface area contributed by atoms with Crippen LogP contribution in [0.3, 0.4) is 0 Å². The highest BCUT2D eigenvalue weighted by Crippen LogP contribution is 2.42. The van der Waals surface area contributed by atoms with Crippen LogP contribution in [-0.4, -0.2) is 30.7 Å². The Balaban J connectivity index is 1.28. The van der Waals surface area contributed by atoms with Crippen molar-refractivity contribution in [3.63, 3.8) is 0 Å². The first-order valence-electron chi connectivity index (χ1n) is 10.2. The van der Waals surface area contributed by atoms with Crippen molar-refractivity contribution < 1.29 is 4.79 Å². The largest absolute Gasteiger partial charge is 0.347 e. The Morgan fingerprint density at radius 1 is 1.06 bits per heavy atom. The molecule has 8 heteroatoms. The zero-order valence-corrected chi connectivity index (χ0v) is 18.4. The van der Waals surface area contributed by atoms with Gasteiger partial charge < -0.3 is 5.32 Å². The fourth-order valence-electron chi connectivity index (χ4n) is 3.56. The molecule has 1 aliphatic carbocycles. The van der Waals surface area contributed by atoms with Crippen molar-refractivity contribution in [2.75, 3.05) is 0 Å². The molecule has 1 aliphatic rings. The molecular formula is C23H21BrN6O. The summed E-state index contributed by atoms with van der Waals surface area (Å²) in [5.41, 5.74) is 4.41. The highest BCUT2D eigenvalue weighted by molar-refractivity contribution is 9.10. The Kier molecular flexibility index (Phi) is 5.38. The molecule has 2 heterocycles. The fraction of sp³-hybridized carbons (Fsp3) is 0.217. The summed E-state index contributed by atoms with van der Waals surface area (Å²) in [6.45, 7) is 1.17. The molecule has 1 N–H and O–H groups in total. The van der Waals surface area contributed by atoms with Gasteiger partial charge in [0.2, 0.25) is 0 Å². The number of carbonyl (C=O) groups excluding carboxylic acids is 1. The third-order valence-electron chi connectivity index (χ3n) is 5.34. The lowest BCUT2D eigenvalue weighted by Crippen LogP contribution is -2.24. The third-order valence-corrected chi connectivity index (χ3v) is 5.86. The van der Waals surface area contributed by atoms with Crippen LogP contribution >= 0.6 is 15.9 Å². The van der Waals surface area contributed by atoms with E-state index < -0.39 is 0 Å². The number of hydrogen-bond acceptors (Lipinski definition) is 4. The molecule has 4 aromatic rings. The van der Waals surface area contributed by atoms with E-state index in [1.807, 2.05) is 53.3 Å². The molecule has 31 heavy (non-hydrogen) atoms. The lowest BCUT2D eigenvalue weighted by Gasteiger charge is -2.09. The van der Waals surface area contributed by atoms with E-state index in [0.717, 1.165) is 46.4 Å². The molecule has 0 radical (unpaired) electrons. The van der Waals surface area contributed by atoms with Gasteiger partial charge in [0.05, 0.1) is 17.9 Å². The Labute approximate surface area is 188 Å². The summed E-state index contributed by atoms with van der Waals surface area (Å²) in [5, 5.41) is 15.7. The quantitative estimate of drug-likeness (QED) is 0.435. The van der Waals surface area contributed by atoms with Crippen LogP contribution in [0, 0.1) is 0 Å². The molecule has 0 saturated heterocycles. The molecule has 5 rings (SSSR count). The summed E-state index contributed by atoms with van der Waals surface area (Å²) >= 11 is 3.45. The number of carbonyl (C=O) groups is 1. The standard InChI is InChI=1S/C23H21BrN6O/c24-19-8-10-20(11-9-19)30-22(18-6-7-18)21(27-28-30)23(31)25-14-16-2-4-17(5-3-16)15-29-13-1-12-26-29/h1-5,8-13,18H,6-7,14-15H2,(H,25,31). The number of hydrogen-bond donors (Lipinski definition) is 1. The van der Waals surface area contributed by atoms with Crippen molar-refractivity contribution in [1.29, 1.82) is 0 Å². The normalized spacial score (nSPS) is 13.3. The molecular weight excluding hydrogens is 456 g/mol. The van der Waals surface area contributed by atoms with Crippen molar-refractivity contribution in [3.8, 4) is 5.69 Å². The smallest absolute Gasteiger partial charge is 0.274 e. The van der Waals surface area contributed by atoms with Gasteiger partial charge in [0.15, 0.2) is 5.69 Å². The fourth-order valence-corrected chi connectivity index (χ4v) is 3.82. The Morgan fingerprint density at radius 3 is 2.48 bits per heavy atom. The van der Waals surface area contributed by atoms with E-state index in [2.05, 4.69) is 48.8 Å². The minimum absolute atomic E-state index is 0.189. The molecule has 7 nitrogen and oxygen atoms in total. The molecule has 0 unspecified atom stereocenters. The van der Waals surface area contributed by atoms with Crippen LogP contribution in [0.15, 0.2) is 71.5 Å². The van der Waals surface area contributed by atoms with Gasteiger partial charge >= 0.3 is 0 Å². The van der Waals surface area contributed by atoms with Crippen LogP contribution < -0.4 is 5.32 Å². The minimum atomic E-state index is -0.189. The van der Waals surface area contributed by atoms with Gasteiger partial charge in [-0.1, -0.05) is 45.4 Å². The minimum Gasteiger partial charge on any atom is -0.347 e. The average molecular weight is 477 g/mol. The van der Waals surface area contributed by atoms with Gasteiger partial charge in [-0.15, -0.1) is 5.10 Å². The van der Waals surface area contributed by atoms with Crippen molar-refractivity contribution in [1.82, 2.24) is 30.1 Å². The van der Waals surface area contributed by atoms with E-state index in [4.69, 9.17) is 0 Å². The topological polar surface area (TPSA) is 77.6 Å². The molecule has 1 fully saturated rings. The molecule has 1 amide bonds. The number of aromatic nitrogens is 5. The molecule has 2 aromatic carbocycles. The van der Waals surface area contributed by atoms with Gasteiger partial charge in [-0.3, -0.25) is 9.48 Å². The SMILES string of the molecule is O=C(NCc1ccc(Cn2cccn2)cc1)c1nnn(-c2ccc(Br)cc2)c1C1CC1. The Morgan fingerprint density at radius 2 is 1.81 bits per heavy atom. The number of nitrogens with one attached hydrogen (secondary N) is 1. The molecule has 156 valence electrons. The van der Waals surface area contributed by atoms with Gasteiger partial charge in [-0.2, -0.15) is 5.10 Å². The maximum absolute atomic E-state index is 12.9. The van der Waals surface area contributed by atoms with Gasteiger partial charge in [0.1, 0.15) is 0 Å². The monoisotopic (exact) mass is 476 g/mol. The number of nitrogens with zero attached hydrogens (tertiary/aromatic N) is 5. The second kappa shape index (κ2) is 8.47. The van der Waals surface area contributed by atoms with Crippen LogP contribution in [-0.2, 0) is 13.1 Å². The predicted molar refractivity (Wildman–Crippen MR) is 120 cm³/mol. The molecule has 0 aliphatic heterocycles. The van der Waals surface area contributed by atoms with Crippen LogP contribution in [0.2, 0.25) is 0 Å². The van der Waals surface area contributed by atoms with E-state index in [9.17, 15) is 4.79 Å². The van der Waals surface area contributed by atoms with Gasteiger partial charge in [0.25, 0.3) is 5.91 Å². The lowest BCUT2D eigenvalue weighted by atomic mass is 10.1. The summed E-state index contributed by atoms with van der Waals surface area (Å²) < 4.78 is 4.67. The van der Waals surface area contributed by atoms with Gasteiger partial charge in [-0.25, -0.2) is 4.68 Å². The maximum Gasteiger partial charge on any atom is 0.274 e. The van der Waals surface area contributed by atoms with Crippen LogP contribution in [0.5, 0.6) is 0 Å². The van der Waals surface area contributed by atoms with Crippen molar-refractivity contribution in [2.24, 2.45) is 0 Å². The van der Waals surface area contributed by atoms with E-state index >= 15 is 0 Å². The molecule has 0 atom stereocenters. The number of rotatable bonds is 7.